The molecule has 0 radical (unpaired) electrons. The largest absolute Gasteiger partial charge is 0.396 e. The van der Waals surface area contributed by atoms with E-state index < -0.39 is 0 Å². The van der Waals surface area contributed by atoms with Gasteiger partial charge in [0.1, 0.15) is 0 Å². The lowest BCUT2D eigenvalue weighted by Gasteiger charge is -2.32. The second-order valence-corrected chi connectivity index (χ2v) is 5.48. The van der Waals surface area contributed by atoms with Crippen molar-refractivity contribution < 1.29 is 9.90 Å². The molecule has 0 saturated carbocycles. The number of piperidine rings is 1. The van der Waals surface area contributed by atoms with Gasteiger partial charge in [-0.05, 0) is 38.2 Å². The van der Waals surface area contributed by atoms with E-state index in [1.807, 2.05) is 11.8 Å². The van der Waals surface area contributed by atoms with E-state index in [4.69, 9.17) is 16.7 Å². The maximum Gasteiger partial charge on any atom is 0.256 e. The van der Waals surface area contributed by atoms with Gasteiger partial charge in [-0.25, -0.2) is 0 Å². The number of nitrogens with zero attached hydrogens (tertiary/aromatic N) is 2. The number of likely N-dealkylation sites (tertiary alicyclic amines) is 1. The molecule has 1 unspecified atom stereocenters. The van der Waals surface area contributed by atoms with Gasteiger partial charge in [-0.3, -0.25) is 9.78 Å². The summed E-state index contributed by atoms with van der Waals surface area (Å²) in [6.45, 7) is 3.48. The van der Waals surface area contributed by atoms with Crippen molar-refractivity contribution in [2.45, 2.75) is 26.2 Å². The predicted octanol–water partition coefficient (Wildman–Crippen LogP) is 2.28. The number of carbonyl (C=O) groups is 1. The van der Waals surface area contributed by atoms with Crippen LogP contribution in [0.4, 0.5) is 0 Å². The summed E-state index contributed by atoms with van der Waals surface area (Å²) in [5.74, 6) is 0.333. The lowest BCUT2D eigenvalue weighted by molar-refractivity contribution is 0.0653. The van der Waals surface area contributed by atoms with Crippen LogP contribution < -0.4 is 0 Å². The molecule has 1 aromatic heterocycles. The van der Waals surface area contributed by atoms with E-state index in [1.165, 1.54) is 0 Å². The maximum absolute atomic E-state index is 12.4. The average Bonchev–Trinajstić information content (AvgIpc) is 2.39. The summed E-state index contributed by atoms with van der Waals surface area (Å²) >= 11 is 6.11. The highest BCUT2D eigenvalue weighted by Gasteiger charge is 2.25. The van der Waals surface area contributed by atoms with Crippen molar-refractivity contribution in [1.82, 2.24) is 9.88 Å². The number of hydrogen-bond donors (Lipinski definition) is 1. The molecular weight excluding hydrogens is 264 g/mol. The van der Waals surface area contributed by atoms with Gasteiger partial charge in [0.2, 0.25) is 0 Å². The monoisotopic (exact) mass is 282 g/mol. The Bertz CT molecular complexity index is 463. The van der Waals surface area contributed by atoms with E-state index in [9.17, 15) is 4.79 Å². The Hall–Kier alpha value is -1.13. The standard InChI is InChI=1S/C14H19ClN2O2/c1-10-7-13(15)12(8-16-10)14(19)17-5-2-3-11(9-17)4-6-18/h7-8,11,18H,2-6,9H2,1H3. The molecule has 1 amide bonds. The van der Waals surface area contributed by atoms with Crippen LogP contribution in [-0.2, 0) is 0 Å². The van der Waals surface area contributed by atoms with Crippen LogP contribution in [0.15, 0.2) is 12.3 Å². The number of aromatic nitrogens is 1. The summed E-state index contributed by atoms with van der Waals surface area (Å²) in [4.78, 5) is 18.4. The van der Waals surface area contributed by atoms with Gasteiger partial charge >= 0.3 is 0 Å². The molecule has 0 bridgehead atoms. The summed E-state index contributed by atoms with van der Waals surface area (Å²) in [6, 6.07) is 1.71. The van der Waals surface area contributed by atoms with Crippen molar-refractivity contribution in [1.29, 1.82) is 0 Å². The Kier molecular flexibility index (Phi) is 4.77. The molecule has 1 atom stereocenters. The van der Waals surface area contributed by atoms with Crippen LogP contribution in [0.25, 0.3) is 0 Å². The molecule has 1 aliphatic rings. The van der Waals surface area contributed by atoms with Crippen LogP contribution in [0.5, 0.6) is 0 Å². The van der Waals surface area contributed by atoms with Crippen molar-refractivity contribution in [2.75, 3.05) is 19.7 Å². The molecule has 1 aromatic rings. The van der Waals surface area contributed by atoms with Gasteiger partial charge in [-0.2, -0.15) is 0 Å². The van der Waals surface area contributed by atoms with E-state index in [-0.39, 0.29) is 12.5 Å². The van der Waals surface area contributed by atoms with Crippen molar-refractivity contribution in [3.8, 4) is 0 Å². The zero-order valence-electron chi connectivity index (χ0n) is 11.1. The van der Waals surface area contributed by atoms with Gasteiger partial charge in [-0.15, -0.1) is 0 Å². The number of halogens is 1. The topological polar surface area (TPSA) is 53.4 Å². The molecule has 4 nitrogen and oxygen atoms in total. The third kappa shape index (κ3) is 3.45. The second-order valence-electron chi connectivity index (χ2n) is 5.08. The molecule has 1 N–H and O–H groups in total. The first-order valence-electron chi connectivity index (χ1n) is 6.64. The van der Waals surface area contributed by atoms with Crippen molar-refractivity contribution in [3.05, 3.63) is 28.5 Å². The second kappa shape index (κ2) is 6.35. The average molecular weight is 283 g/mol. The smallest absolute Gasteiger partial charge is 0.256 e. The number of aliphatic hydroxyl groups excluding tert-OH is 1. The fourth-order valence-electron chi connectivity index (χ4n) is 2.52. The fourth-order valence-corrected chi connectivity index (χ4v) is 2.81. The Labute approximate surface area is 118 Å². The number of aryl methyl sites for hydroxylation is 1. The highest BCUT2D eigenvalue weighted by molar-refractivity contribution is 6.33. The van der Waals surface area contributed by atoms with E-state index in [1.54, 1.807) is 12.3 Å². The molecule has 1 fully saturated rings. The fraction of sp³-hybridized carbons (Fsp3) is 0.571. The molecular formula is C14H19ClN2O2. The van der Waals surface area contributed by atoms with Gasteiger partial charge < -0.3 is 10.0 Å². The molecule has 2 rings (SSSR count). The Balaban J connectivity index is 2.10. The van der Waals surface area contributed by atoms with Crippen LogP contribution in [0.2, 0.25) is 5.02 Å². The maximum atomic E-state index is 12.4. The molecule has 104 valence electrons. The van der Waals surface area contributed by atoms with Crippen molar-refractivity contribution in [2.24, 2.45) is 5.92 Å². The van der Waals surface area contributed by atoms with Crippen molar-refractivity contribution >= 4 is 17.5 Å². The molecule has 1 aliphatic heterocycles. The van der Waals surface area contributed by atoms with Crippen LogP contribution >= 0.6 is 11.6 Å². The summed E-state index contributed by atoms with van der Waals surface area (Å²) < 4.78 is 0. The molecule has 19 heavy (non-hydrogen) atoms. The first-order valence-corrected chi connectivity index (χ1v) is 7.02. The quantitative estimate of drug-likeness (QED) is 0.925. The lowest BCUT2D eigenvalue weighted by atomic mass is 9.95. The van der Waals surface area contributed by atoms with E-state index in [0.717, 1.165) is 31.5 Å². The third-order valence-electron chi connectivity index (χ3n) is 3.56. The summed E-state index contributed by atoms with van der Waals surface area (Å²) in [5, 5.41) is 9.46. The number of rotatable bonds is 3. The van der Waals surface area contributed by atoms with Gasteiger partial charge in [0.25, 0.3) is 5.91 Å². The highest BCUT2D eigenvalue weighted by atomic mass is 35.5. The van der Waals surface area contributed by atoms with Gasteiger partial charge in [-0.1, -0.05) is 11.6 Å². The third-order valence-corrected chi connectivity index (χ3v) is 3.88. The number of pyridine rings is 1. The zero-order chi connectivity index (χ0) is 13.8. The van der Waals surface area contributed by atoms with Crippen LogP contribution in [0.1, 0.15) is 35.3 Å². The number of amides is 1. The van der Waals surface area contributed by atoms with Crippen molar-refractivity contribution in [3.63, 3.8) is 0 Å². The molecule has 1 saturated heterocycles. The predicted molar refractivity (Wildman–Crippen MR) is 74.3 cm³/mol. The molecule has 5 heteroatoms. The minimum atomic E-state index is -0.0554. The Morgan fingerprint density at radius 2 is 2.42 bits per heavy atom. The normalized spacial score (nSPS) is 19.5. The van der Waals surface area contributed by atoms with Crippen LogP contribution in [0, 0.1) is 12.8 Å². The minimum Gasteiger partial charge on any atom is -0.396 e. The number of hydrogen-bond acceptors (Lipinski definition) is 3. The number of carbonyl (C=O) groups excluding carboxylic acids is 1. The molecule has 0 spiro atoms. The summed E-state index contributed by atoms with van der Waals surface area (Å²) in [6.07, 6.45) is 4.36. The van der Waals surface area contributed by atoms with Crippen LogP contribution in [0.3, 0.4) is 0 Å². The van der Waals surface area contributed by atoms with E-state index in [2.05, 4.69) is 4.98 Å². The van der Waals surface area contributed by atoms with Gasteiger partial charge in [0.05, 0.1) is 10.6 Å². The first-order chi connectivity index (χ1) is 9.11. The molecule has 0 aliphatic carbocycles. The van der Waals surface area contributed by atoms with E-state index >= 15 is 0 Å². The van der Waals surface area contributed by atoms with Gasteiger partial charge in [0, 0.05) is 31.6 Å². The van der Waals surface area contributed by atoms with Crippen LogP contribution in [-0.4, -0.2) is 40.6 Å². The lowest BCUT2D eigenvalue weighted by Crippen LogP contribution is -2.40. The first kappa shape index (κ1) is 14.3. The minimum absolute atomic E-state index is 0.0554. The molecule has 0 aromatic carbocycles. The summed E-state index contributed by atoms with van der Waals surface area (Å²) in [5.41, 5.74) is 1.27. The Morgan fingerprint density at radius 3 is 3.11 bits per heavy atom. The summed E-state index contributed by atoms with van der Waals surface area (Å²) in [7, 11) is 0. The SMILES string of the molecule is Cc1cc(Cl)c(C(=O)N2CCCC(CCO)C2)cn1. The Morgan fingerprint density at radius 1 is 1.63 bits per heavy atom. The highest BCUT2D eigenvalue weighted by Crippen LogP contribution is 2.23. The number of aliphatic hydroxyl groups is 1. The zero-order valence-corrected chi connectivity index (χ0v) is 11.9. The van der Waals surface area contributed by atoms with E-state index in [0.29, 0.717) is 23.0 Å². The molecule has 2 heterocycles. The van der Waals surface area contributed by atoms with Gasteiger partial charge in [0.15, 0.2) is 0 Å².